The third kappa shape index (κ3) is 4.97. The Hall–Kier alpha value is -1.10. The van der Waals surface area contributed by atoms with Gasteiger partial charge in [0, 0.05) is 16.6 Å². The molecule has 0 aliphatic carbocycles. The highest BCUT2D eigenvalue weighted by molar-refractivity contribution is 9.10. The molecule has 5 heteroatoms. The van der Waals surface area contributed by atoms with Gasteiger partial charge in [0.05, 0.1) is 0 Å². The number of nitrogens with zero attached hydrogens (tertiary/aromatic N) is 1. The standard InChI is InChI=1S/C17H25BrFNO2/c1-4-9-17(3,10-5-2)20(16(21)22)11-8-13-6-7-14(19)12-15(13)18/h6-7,12H,4-5,8-11H2,1-3H3,(H,21,22). The third-order valence-electron chi connectivity index (χ3n) is 4.08. The zero-order valence-electron chi connectivity index (χ0n) is 13.5. The van der Waals surface area contributed by atoms with Gasteiger partial charge in [-0.3, -0.25) is 0 Å². The average Bonchev–Trinajstić information content (AvgIpc) is 2.41. The van der Waals surface area contributed by atoms with Gasteiger partial charge in [-0.25, -0.2) is 9.18 Å². The SMILES string of the molecule is CCCC(C)(CCC)N(CCc1ccc(F)cc1Br)C(=O)O. The van der Waals surface area contributed by atoms with E-state index >= 15 is 0 Å². The van der Waals surface area contributed by atoms with Gasteiger partial charge >= 0.3 is 6.09 Å². The highest BCUT2D eigenvalue weighted by Crippen LogP contribution is 2.28. The normalized spacial score (nSPS) is 11.5. The third-order valence-corrected chi connectivity index (χ3v) is 4.82. The van der Waals surface area contributed by atoms with Crippen LogP contribution in [0.1, 0.15) is 52.0 Å². The number of carboxylic acid groups (broad SMARTS) is 1. The lowest BCUT2D eigenvalue weighted by molar-refractivity contribution is 0.0729. The van der Waals surface area contributed by atoms with Crippen LogP contribution in [0, 0.1) is 5.82 Å². The number of hydrogen-bond acceptors (Lipinski definition) is 1. The molecule has 0 saturated carbocycles. The summed E-state index contributed by atoms with van der Waals surface area (Å²) in [4.78, 5) is 13.3. The molecule has 0 fully saturated rings. The van der Waals surface area contributed by atoms with Gasteiger partial charge in [-0.2, -0.15) is 0 Å². The van der Waals surface area contributed by atoms with Gasteiger partial charge in [-0.15, -0.1) is 0 Å². The minimum absolute atomic E-state index is 0.299. The van der Waals surface area contributed by atoms with E-state index in [1.807, 2.05) is 6.92 Å². The van der Waals surface area contributed by atoms with Gasteiger partial charge < -0.3 is 10.0 Å². The van der Waals surface area contributed by atoms with E-state index in [-0.39, 0.29) is 11.4 Å². The second-order valence-electron chi connectivity index (χ2n) is 5.92. The molecule has 0 unspecified atom stereocenters. The van der Waals surface area contributed by atoms with Crippen molar-refractivity contribution in [2.45, 2.75) is 58.4 Å². The summed E-state index contributed by atoms with van der Waals surface area (Å²) in [5.74, 6) is -0.299. The summed E-state index contributed by atoms with van der Waals surface area (Å²) >= 11 is 3.34. The molecule has 1 rings (SSSR count). The quantitative estimate of drug-likeness (QED) is 0.656. The first-order valence-electron chi connectivity index (χ1n) is 7.78. The molecule has 0 saturated heterocycles. The molecule has 0 heterocycles. The number of hydrogen-bond donors (Lipinski definition) is 1. The lowest BCUT2D eigenvalue weighted by Gasteiger charge is -2.40. The zero-order chi connectivity index (χ0) is 16.8. The van der Waals surface area contributed by atoms with Crippen molar-refractivity contribution < 1.29 is 14.3 Å². The van der Waals surface area contributed by atoms with Gasteiger partial charge in [0.15, 0.2) is 0 Å². The molecule has 0 aromatic heterocycles. The number of amides is 1. The number of rotatable bonds is 8. The predicted molar refractivity (Wildman–Crippen MR) is 90.8 cm³/mol. The van der Waals surface area contributed by atoms with Crippen LogP contribution in [0.3, 0.4) is 0 Å². The van der Waals surface area contributed by atoms with Crippen molar-refractivity contribution in [2.75, 3.05) is 6.54 Å². The Kier molecular flexibility index (Phi) is 7.33. The summed E-state index contributed by atoms with van der Waals surface area (Å²) in [6, 6.07) is 4.52. The molecule has 0 spiro atoms. The van der Waals surface area contributed by atoms with E-state index in [9.17, 15) is 14.3 Å². The van der Waals surface area contributed by atoms with Crippen LogP contribution in [-0.4, -0.2) is 28.2 Å². The predicted octanol–water partition coefficient (Wildman–Crippen LogP) is 5.47. The molecule has 1 aromatic carbocycles. The number of benzene rings is 1. The Morgan fingerprint density at radius 3 is 2.36 bits per heavy atom. The van der Waals surface area contributed by atoms with Crippen molar-refractivity contribution in [1.29, 1.82) is 0 Å². The van der Waals surface area contributed by atoms with Crippen LogP contribution in [0.15, 0.2) is 22.7 Å². The smallest absolute Gasteiger partial charge is 0.407 e. The van der Waals surface area contributed by atoms with Crippen LogP contribution in [-0.2, 0) is 6.42 Å². The maximum Gasteiger partial charge on any atom is 0.407 e. The van der Waals surface area contributed by atoms with Crippen LogP contribution >= 0.6 is 15.9 Å². The van der Waals surface area contributed by atoms with E-state index in [2.05, 4.69) is 29.8 Å². The molecule has 22 heavy (non-hydrogen) atoms. The van der Waals surface area contributed by atoms with Crippen molar-refractivity contribution in [3.05, 3.63) is 34.1 Å². The molecule has 124 valence electrons. The highest BCUT2D eigenvalue weighted by atomic mass is 79.9. The highest BCUT2D eigenvalue weighted by Gasteiger charge is 2.33. The largest absolute Gasteiger partial charge is 0.465 e. The van der Waals surface area contributed by atoms with Gasteiger partial charge in [0.2, 0.25) is 0 Å². The fourth-order valence-electron chi connectivity index (χ4n) is 3.03. The first-order chi connectivity index (χ1) is 10.3. The molecule has 1 aromatic rings. The second-order valence-corrected chi connectivity index (χ2v) is 6.77. The van der Waals surface area contributed by atoms with Gasteiger partial charge in [-0.05, 0) is 43.9 Å². The molecule has 3 nitrogen and oxygen atoms in total. The van der Waals surface area contributed by atoms with E-state index < -0.39 is 6.09 Å². The molecular weight excluding hydrogens is 349 g/mol. The molecule has 0 bridgehead atoms. The van der Waals surface area contributed by atoms with E-state index in [1.165, 1.54) is 12.1 Å². The topological polar surface area (TPSA) is 40.5 Å². The Labute approximate surface area is 140 Å². The average molecular weight is 374 g/mol. The first-order valence-corrected chi connectivity index (χ1v) is 8.58. The van der Waals surface area contributed by atoms with Crippen molar-refractivity contribution in [1.82, 2.24) is 4.90 Å². The summed E-state index contributed by atoms with van der Waals surface area (Å²) in [5, 5.41) is 9.61. The molecular formula is C17H25BrFNO2. The molecule has 0 aliphatic heterocycles. The molecule has 0 atom stereocenters. The van der Waals surface area contributed by atoms with Crippen LogP contribution in [0.5, 0.6) is 0 Å². The molecule has 0 radical (unpaired) electrons. The molecule has 0 aliphatic rings. The van der Waals surface area contributed by atoms with Crippen molar-refractivity contribution >= 4 is 22.0 Å². The van der Waals surface area contributed by atoms with E-state index in [4.69, 9.17) is 0 Å². The summed E-state index contributed by atoms with van der Waals surface area (Å²) < 4.78 is 13.8. The van der Waals surface area contributed by atoms with Gasteiger partial charge in [0.1, 0.15) is 5.82 Å². The number of halogens is 2. The summed E-state index contributed by atoms with van der Waals surface area (Å²) in [7, 11) is 0. The Morgan fingerprint density at radius 1 is 1.32 bits per heavy atom. The summed E-state index contributed by atoms with van der Waals surface area (Å²) in [6.07, 6.45) is 3.26. The Bertz CT molecular complexity index is 501. The van der Waals surface area contributed by atoms with E-state index in [1.54, 1.807) is 11.0 Å². The van der Waals surface area contributed by atoms with Crippen LogP contribution in [0.25, 0.3) is 0 Å². The van der Waals surface area contributed by atoms with Gasteiger partial charge in [0.25, 0.3) is 0 Å². The van der Waals surface area contributed by atoms with Crippen molar-refractivity contribution in [2.24, 2.45) is 0 Å². The van der Waals surface area contributed by atoms with Gasteiger partial charge in [-0.1, -0.05) is 48.7 Å². The minimum atomic E-state index is -0.886. The first kappa shape index (κ1) is 18.9. The van der Waals surface area contributed by atoms with Crippen LogP contribution in [0.4, 0.5) is 9.18 Å². The Balaban J connectivity index is 2.89. The van der Waals surface area contributed by atoms with E-state index in [0.29, 0.717) is 17.4 Å². The molecule has 1 N–H and O–H groups in total. The second kappa shape index (κ2) is 8.51. The summed E-state index contributed by atoms with van der Waals surface area (Å²) in [6.45, 7) is 6.58. The summed E-state index contributed by atoms with van der Waals surface area (Å²) in [5.41, 5.74) is 0.574. The Morgan fingerprint density at radius 2 is 1.91 bits per heavy atom. The fraction of sp³-hybridized carbons (Fsp3) is 0.588. The van der Waals surface area contributed by atoms with Crippen molar-refractivity contribution in [3.63, 3.8) is 0 Å². The van der Waals surface area contributed by atoms with Crippen molar-refractivity contribution in [3.8, 4) is 0 Å². The molecule has 1 amide bonds. The maximum absolute atomic E-state index is 13.1. The van der Waals surface area contributed by atoms with E-state index in [0.717, 1.165) is 31.2 Å². The zero-order valence-corrected chi connectivity index (χ0v) is 15.1. The lowest BCUT2D eigenvalue weighted by Crippen LogP contribution is -2.50. The fourth-order valence-corrected chi connectivity index (χ4v) is 3.57. The van der Waals surface area contributed by atoms with Crippen LogP contribution in [0.2, 0.25) is 0 Å². The lowest BCUT2D eigenvalue weighted by atomic mass is 9.88. The number of carbonyl (C=O) groups is 1. The monoisotopic (exact) mass is 373 g/mol. The maximum atomic E-state index is 13.1. The minimum Gasteiger partial charge on any atom is -0.465 e. The van der Waals surface area contributed by atoms with Crippen LogP contribution < -0.4 is 0 Å².